The molecule has 4 aromatic rings. The van der Waals surface area contributed by atoms with E-state index in [1.54, 1.807) is 45.7 Å². The second kappa shape index (κ2) is 15.7. The van der Waals surface area contributed by atoms with Crippen LogP contribution in [-0.2, 0) is 31.8 Å². The highest BCUT2D eigenvalue weighted by Gasteiger charge is 2.38. The predicted molar refractivity (Wildman–Crippen MR) is 199 cm³/mol. The SMILES string of the molecule is CC(C)(C)OC(=O)[C@@H](CCCCN)NC(=O)C(C)(C)c1cnc([C@@H](Cc2c[nH]c3ccccc23)NC(=O)N2CCC(O)(c3ccccc3)CC2)[nH]1.[HH]. The van der Waals surface area contributed by atoms with E-state index in [0.29, 0.717) is 63.3 Å². The van der Waals surface area contributed by atoms with Gasteiger partial charge in [0.15, 0.2) is 0 Å². The number of amides is 3. The summed E-state index contributed by atoms with van der Waals surface area (Å²) < 4.78 is 5.62. The Labute approximate surface area is 301 Å². The number of urea groups is 1. The molecule has 276 valence electrons. The van der Waals surface area contributed by atoms with Gasteiger partial charge in [0.25, 0.3) is 0 Å². The van der Waals surface area contributed by atoms with Gasteiger partial charge in [0.05, 0.1) is 17.1 Å². The first-order valence-electron chi connectivity index (χ1n) is 17.9. The van der Waals surface area contributed by atoms with Gasteiger partial charge in [-0.3, -0.25) is 4.79 Å². The molecule has 51 heavy (non-hydrogen) atoms. The number of nitrogens with two attached hydrogens (primary N) is 1. The van der Waals surface area contributed by atoms with E-state index in [0.717, 1.165) is 28.5 Å². The van der Waals surface area contributed by atoms with Crippen molar-refractivity contribution in [2.75, 3.05) is 19.6 Å². The van der Waals surface area contributed by atoms with Gasteiger partial charge in [-0.05, 0) is 90.5 Å². The summed E-state index contributed by atoms with van der Waals surface area (Å²) in [7, 11) is 0. The molecule has 0 radical (unpaired) electrons. The summed E-state index contributed by atoms with van der Waals surface area (Å²) in [6.07, 6.45) is 6.60. The molecule has 0 unspecified atom stereocenters. The van der Waals surface area contributed by atoms with E-state index in [2.05, 4.69) is 25.6 Å². The fourth-order valence-corrected chi connectivity index (χ4v) is 6.50. The molecule has 1 aliphatic heterocycles. The number of aromatic amines is 2. The van der Waals surface area contributed by atoms with Crippen LogP contribution in [0.4, 0.5) is 4.79 Å². The number of esters is 1. The van der Waals surface area contributed by atoms with Crippen LogP contribution in [0.5, 0.6) is 0 Å². The van der Waals surface area contributed by atoms with E-state index in [1.165, 1.54) is 0 Å². The fraction of sp³-hybridized carbons (Fsp3) is 0.487. The highest BCUT2D eigenvalue weighted by atomic mass is 16.6. The Kier molecular flexibility index (Phi) is 11.6. The number of fused-ring (bicyclic) bond motifs is 1. The van der Waals surface area contributed by atoms with Gasteiger partial charge in [-0.1, -0.05) is 48.5 Å². The first kappa shape index (κ1) is 37.6. The lowest BCUT2D eigenvalue weighted by Gasteiger charge is -2.39. The maximum Gasteiger partial charge on any atom is 0.329 e. The molecule has 0 bridgehead atoms. The maximum atomic E-state index is 13.8. The molecule has 0 aliphatic carbocycles. The van der Waals surface area contributed by atoms with Crippen LogP contribution in [0.1, 0.15) is 96.8 Å². The molecule has 0 saturated carbocycles. The third-order valence-corrected chi connectivity index (χ3v) is 9.70. The molecular formula is C39H55N7O5. The van der Waals surface area contributed by atoms with Crippen LogP contribution in [0.15, 0.2) is 67.0 Å². The molecule has 3 amide bonds. The van der Waals surface area contributed by atoms with Gasteiger partial charge >= 0.3 is 12.0 Å². The summed E-state index contributed by atoms with van der Waals surface area (Å²) in [6.45, 7) is 10.2. The minimum atomic E-state index is -1.11. The molecule has 2 aromatic heterocycles. The summed E-state index contributed by atoms with van der Waals surface area (Å²) in [5, 5.41) is 18.5. The van der Waals surface area contributed by atoms with Crippen molar-refractivity contribution in [3.8, 4) is 0 Å². The predicted octanol–water partition coefficient (Wildman–Crippen LogP) is 5.35. The lowest BCUT2D eigenvalue weighted by molar-refractivity contribution is -0.159. The summed E-state index contributed by atoms with van der Waals surface area (Å²) in [5.41, 5.74) is 6.25. The zero-order chi connectivity index (χ0) is 36.8. The fourth-order valence-electron chi connectivity index (χ4n) is 6.50. The number of carbonyl (C=O) groups is 3. The quantitative estimate of drug-likeness (QED) is 0.0804. The number of hydrogen-bond acceptors (Lipinski definition) is 7. The van der Waals surface area contributed by atoms with E-state index >= 15 is 0 Å². The number of hydrogen-bond donors (Lipinski definition) is 6. The number of nitrogens with zero attached hydrogens (tertiary/aromatic N) is 2. The van der Waals surface area contributed by atoms with Crippen LogP contribution in [0.3, 0.4) is 0 Å². The Morgan fingerprint density at radius 3 is 2.39 bits per heavy atom. The Balaban J connectivity index is 0.00000605. The van der Waals surface area contributed by atoms with E-state index in [-0.39, 0.29) is 13.4 Å². The van der Waals surface area contributed by atoms with Gasteiger partial charge in [-0.25, -0.2) is 14.6 Å². The van der Waals surface area contributed by atoms with E-state index < -0.39 is 34.7 Å². The Bertz CT molecular complexity index is 1790. The number of para-hydroxylation sites is 1. The second-order valence-corrected chi connectivity index (χ2v) is 15.1. The number of piperidine rings is 1. The van der Waals surface area contributed by atoms with Crippen LogP contribution >= 0.6 is 0 Å². The number of ether oxygens (including phenoxy) is 1. The number of rotatable bonds is 13. The van der Waals surface area contributed by atoms with Gasteiger partial charge < -0.3 is 41.1 Å². The number of nitrogens with one attached hydrogen (secondary N) is 4. The van der Waals surface area contributed by atoms with Crippen LogP contribution in [0.25, 0.3) is 10.9 Å². The second-order valence-electron chi connectivity index (χ2n) is 15.1. The monoisotopic (exact) mass is 701 g/mol. The summed E-state index contributed by atoms with van der Waals surface area (Å²) in [4.78, 5) is 53.7. The lowest BCUT2D eigenvalue weighted by atomic mass is 9.84. The highest BCUT2D eigenvalue weighted by Crippen LogP contribution is 2.33. The molecule has 12 nitrogen and oxygen atoms in total. The largest absolute Gasteiger partial charge is 0.458 e. The van der Waals surface area contributed by atoms with Gasteiger partial charge in [0.2, 0.25) is 5.91 Å². The molecule has 3 heterocycles. The maximum absolute atomic E-state index is 13.8. The van der Waals surface area contributed by atoms with Crippen LogP contribution in [-0.4, -0.2) is 74.1 Å². The topological polar surface area (TPSA) is 178 Å². The Hall–Kier alpha value is -4.68. The summed E-state index contributed by atoms with van der Waals surface area (Å²) in [5.74, 6) is -0.359. The van der Waals surface area contributed by atoms with Crippen molar-refractivity contribution in [1.82, 2.24) is 30.5 Å². The van der Waals surface area contributed by atoms with Gasteiger partial charge in [-0.2, -0.15) is 0 Å². The minimum Gasteiger partial charge on any atom is -0.458 e. The Morgan fingerprint density at radius 2 is 1.71 bits per heavy atom. The summed E-state index contributed by atoms with van der Waals surface area (Å²) in [6, 6.07) is 15.9. The summed E-state index contributed by atoms with van der Waals surface area (Å²) >= 11 is 0. The zero-order valence-corrected chi connectivity index (χ0v) is 30.4. The molecule has 2 atom stereocenters. The van der Waals surface area contributed by atoms with Crippen molar-refractivity contribution in [2.24, 2.45) is 5.73 Å². The number of carbonyl (C=O) groups excluding carboxylic acids is 3. The molecule has 2 aromatic carbocycles. The van der Waals surface area contributed by atoms with Gasteiger partial charge in [-0.15, -0.1) is 0 Å². The number of likely N-dealkylation sites (tertiary alicyclic amines) is 1. The number of benzene rings is 2. The standard InChI is InChI=1S/C39H53N7O5.H2/c1-37(2,3)51-34(47)30(17-11-12-20-40)43-35(48)38(4,5)32-25-42-33(45-32)31(23-26-24-41-29-16-10-9-15-28(26)29)44-36(49)46-21-18-39(50,19-22-46)27-13-7-6-8-14-27;/h6-10,13-16,24-25,30-31,41,50H,11-12,17-23,40H2,1-5H3,(H,42,45)(H,43,48)(H,44,49);1H/t30-,31-;/m1./s1. The van der Waals surface area contributed by atoms with E-state index in [1.807, 2.05) is 60.8 Å². The number of aromatic nitrogens is 3. The average molecular weight is 702 g/mol. The number of imidazole rings is 1. The number of aliphatic hydroxyl groups is 1. The third-order valence-electron chi connectivity index (χ3n) is 9.70. The third kappa shape index (κ3) is 9.17. The van der Waals surface area contributed by atoms with Crippen molar-refractivity contribution >= 4 is 28.8 Å². The molecule has 1 aliphatic rings. The van der Waals surface area contributed by atoms with E-state index in [4.69, 9.17) is 10.5 Å². The van der Waals surface area contributed by atoms with Crippen LogP contribution in [0, 0.1) is 0 Å². The Morgan fingerprint density at radius 1 is 1.02 bits per heavy atom. The zero-order valence-electron chi connectivity index (χ0n) is 30.4. The normalized spacial score (nSPS) is 16.0. The molecule has 0 spiro atoms. The average Bonchev–Trinajstić information content (AvgIpc) is 3.76. The first-order chi connectivity index (χ1) is 24.2. The van der Waals surface area contributed by atoms with Gasteiger partial charge in [0.1, 0.15) is 17.5 Å². The number of H-pyrrole nitrogens is 2. The van der Waals surface area contributed by atoms with Crippen LogP contribution in [0.2, 0.25) is 0 Å². The molecule has 12 heteroatoms. The smallest absolute Gasteiger partial charge is 0.329 e. The first-order valence-corrected chi connectivity index (χ1v) is 17.9. The lowest BCUT2D eigenvalue weighted by Crippen LogP contribution is -2.50. The van der Waals surface area contributed by atoms with Crippen molar-refractivity contribution in [3.63, 3.8) is 0 Å². The molecule has 5 rings (SSSR count). The molecule has 1 saturated heterocycles. The van der Waals surface area contributed by atoms with Crippen molar-refractivity contribution < 1.29 is 25.7 Å². The molecular weight excluding hydrogens is 646 g/mol. The van der Waals surface area contributed by atoms with Crippen LogP contribution < -0.4 is 16.4 Å². The van der Waals surface area contributed by atoms with Crippen molar-refractivity contribution in [2.45, 2.75) is 102 Å². The minimum absolute atomic E-state index is 0. The van der Waals surface area contributed by atoms with Gasteiger partial charge in [0, 0.05) is 49.9 Å². The van der Waals surface area contributed by atoms with Crippen molar-refractivity contribution in [1.29, 1.82) is 0 Å². The highest BCUT2D eigenvalue weighted by molar-refractivity contribution is 5.91. The molecule has 7 N–H and O–H groups in total. The number of unbranched alkanes of at least 4 members (excludes halogenated alkanes) is 1. The van der Waals surface area contributed by atoms with E-state index in [9.17, 15) is 19.5 Å². The molecule has 1 fully saturated rings. The van der Waals surface area contributed by atoms with Crippen molar-refractivity contribution in [3.05, 3.63) is 89.6 Å².